The minimum absolute atomic E-state index is 0.000114. The maximum atomic E-state index is 12.7. The van der Waals surface area contributed by atoms with Gasteiger partial charge in [0.1, 0.15) is 6.61 Å². The van der Waals surface area contributed by atoms with Crippen LogP contribution < -0.4 is 15.2 Å². The fourth-order valence-corrected chi connectivity index (χ4v) is 3.77. The quantitative estimate of drug-likeness (QED) is 0.900. The molecule has 1 aliphatic carbocycles. The Kier molecular flexibility index (Phi) is 5.29. The number of likely N-dealkylation sites (N-methyl/N-ethyl adjacent to an activating group) is 1. The molecule has 5 nitrogen and oxygen atoms in total. The van der Waals surface area contributed by atoms with E-state index < -0.39 is 0 Å². The lowest BCUT2D eigenvalue weighted by Gasteiger charge is -2.37. The zero-order chi connectivity index (χ0) is 17.0. The van der Waals surface area contributed by atoms with Crippen LogP contribution in [0.3, 0.4) is 0 Å². The topological polar surface area (TPSA) is 64.8 Å². The number of hydrogen-bond donors (Lipinski definition) is 1. The smallest absolute Gasteiger partial charge is 0.223 e. The second-order valence-electron chi connectivity index (χ2n) is 7.21. The van der Waals surface area contributed by atoms with Crippen LogP contribution in [0.25, 0.3) is 0 Å². The molecule has 24 heavy (non-hydrogen) atoms. The fraction of sp³-hybridized carbons (Fsp3) is 0.632. The molecule has 1 aromatic rings. The molecular weight excluding hydrogens is 304 g/mol. The summed E-state index contributed by atoms with van der Waals surface area (Å²) in [5, 5.41) is 0. The van der Waals surface area contributed by atoms with Crippen LogP contribution in [0.15, 0.2) is 24.3 Å². The predicted molar refractivity (Wildman–Crippen MR) is 93.2 cm³/mol. The number of hydrogen-bond acceptors (Lipinski definition) is 4. The number of amides is 1. The summed E-state index contributed by atoms with van der Waals surface area (Å²) >= 11 is 0. The Bertz CT molecular complexity index is 569. The van der Waals surface area contributed by atoms with Crippen molar-refractivity contribution in [1.29, 1.82) is 0 Å². The van der Waals surface area contributed by atoms with Crippen molar-refractivity contribution in [2.45, 2.75) is 44.6 Å². The van der Waals surface area contributed by atoms with Gasteiger partial charge < -0.3 is 20.1 Å². The van der Waals surface area contributed by atoms with E-state index in [9.17, 15) is 4.79 Å². The minimum Gasteiger partial charge on any atom is -0.486 e. The van der Waals surface area contributed by atoms with Gasteiger partial charge in [-0.25, -0.2) is 0 Å². The number of carbonyl (C=O) groups is 1. The summed E-state index contributed by atoms with van der Waals surface area (Å²) in [6.45, 7) is 1.60. The van der Waals surface area contributed by atoms with Gasteiger partial charge >= 0.3 is 0 Å². The largest absolute Gasteiger partial charge is 0.486 e. The summed E-state index contributed by atoms with van der Waals surface area (Å²) in [7, 11) is 1.85. The molecule has 2 N–H and O–H groups in total. The zero-order valence-corrected chi connectivity index (χ0v) is 14.5. The first-order chi connectivity index (χ1) is 11.6. The van der Waals surface area contributed by atoms with Gasteiger partial charge in [-0.2, -0.15) is 0 Å². The van der Waals surface area contributed by atoms with Gasteiger partial charge in [0.25, 0.3) is 0 Å². The van der Waals surface area contributed by atoms with Crippen LogP contribution in [-0.4, -0.2) is 43.7 Å². The van der Waals surface area contributed by atoms with Crippen LogP contribution >= 0.6 is 0 Å². The highest BCUT2D eigenvalue weighted by molar-refractivity contribution is 5.76. The molecule has 5 heteroatoms. The Morgan fingerprint density at radius 1 is 1.25 bits per heavy atom. The summed E-state index contributed by atoms with van der Waals surface area (Å²) in [6.07, 6.45) is 6.19. The molecule has 0 aromatic heterocycles. The summed E-state index contributed by atoms with van der Waals surface area (Å²) in [4.78, 5) is 14.4. The van der Waals surface area contributed by atoms with Crippen LogP contribution in [0, 0.1) is 5.41 Å². The molecule has 1 aromatic carbocycles. The third-order valence-corrected chi connectivity index (χ3v) is 5.34. The fourth-order valence-electron chi connectivity index (χ4n) is 3.77. The molecule has 3 rings (SSSR count). The number of fused-ring (bicyclic) bond motifs is 1. The van der Waals surface area contributed by atoms with E-state index in [1.54, 1.807) is 4.90 Å². The Balaban J connectivity index is 1.55. The Labute approximate surface area is 144 Å². The van der Waals surface area contributed by atoms with Crippen molar-refractivity contribution in [1.82, 2.24) is 4.90 Å². The molecule has 1 amide bonds. The number of benzene rings is 1. The zero-order valence-electron chi connectivity index (χ0n) is 14.5. The van der Waals surface area contributed by atoms with Crippen molar-refractivity contribution in [3.05, 3.63) is 24.3 Å². The molecule has 1 unspecified atom stereocenters. The molecule has 132 valence electrons. The van der Waals surface area contributed by atoms with E-state index in [0.717, 1.165) is 24.3 Å². The van der Waals surface area contributed by atoms with Crippen molar-refractivity contribution in [2.24, 2.45) is 11.1 Å². The molecule has 1 saturated carbocycles. The van der Waals surface area contributed by atoms with Gasteiger partial charge in [0.15, 0.2) is 17.6 Å². The minimum atomic E-state index is -0.131. The number of carbonyl (C=O) groups excluding carboxylic acids is 1. The van der Waals surface area contributed by atoms with E-state index in [1.807, 2.05) is 31.3 Å². The summed E-state index contributed by atoms with van der Waals surface area (Å²) in [6, 6.07) is 7.64. The Morgan fingerprint density at radius 2 is 1.96 bits per heavy atom. The van der Waals surface area contributed by atoms with Crippen LogP contribution in [0.4, 0.5) is 0 Å². The van der Waals surface area contributed by atoms with E-state index >= 15 is 0 Å². The number of nitrogens with two attached hydrogens (primary N) is 1. The Morgan fingerprint density at radius 3 is 2.67 bits per heavy atom. The molecular formula is C19H28N2O3. The average molecular weight is 332 g/mol. The first-order valence-electron chi connectivity index (χ1n) is 8.94. The molecule has 1 fully saturated rings. The number of nitrogens with zero attached hydrogens (tertiary/aromatic N) is 1. The maximum Gasteiger partial charge on any atom is 0.223 e. The van der Waals surface area contributed by atoms with Gasteiger partial charge in [0.05, 0.1) is 6.54 Å². The number of para-hydroxylation sites is 2. The number of ether oxygens (including phenoxy) is 2. The van der Waals surface area contributed by atoms with Gasteiger partial charge in [-0.1, -0.05) is 31.4 Å². The second kappa shape index (κ2) is 7.43. The van der Waals surface area contributed by atoms with Crippen molar-refractivity contribution in [3.8, 4) is 11.5 Å². The molecule has 0 spiro atoms. The van der Waals surface area contributed by atoms with Crippen LogP contribution in [-0.2, 0) is 4.79 Å². The lowest BCUT2D eigenvalue weighted by atomic mass is 9.71. The first-order valence-corrected chi connectivity index (χ1v) is 8.94. The maximum absolute atomic E-state index is 12.7. The van der Waals surface area contributed by atoms with E-state index in [4.69, 9.17) is 15.2 Å². The number of rotatable bonds is 5. The summed E-state index contributed by atoms with van der Waals surface area (Å²) in [5.74, 6) is 1.68. The highest BCUT2D eigenvalue weighted by Crippen LogP contribution is 2.38. The third kappa shape index (κ3) is 3.83. The van der Waals surface area contributed by atoms with Crippen molar-refractivity contribution in [2.75, 3.05) is 26.7 Å². The van der Waals surface area contributed by atoms with Crippen LogP contribution in [0.5, 0.6) is 11.5 Å². The summed E-state index contributed by atoms with van der Waals surface area (Å²) < 4.78 is 11.7. The van der Waals surface area contributed by atoms with E-state index in [2.05, 4.69) is 0 Å². The van der Waals surface area contributed by atoms with Crippen LogP contribution in [0.2, 0.25) is 0 Å². The SMILES string of the molecule is CN(CC1COc2ccccc2O1)C(=O)CC1(CN)CCCCC1. The van der Waals surface area contributed by atoms with Gasteiger partial charge in [-0.05, 0) is 36.9 Å². The van der Waals surface area contributed by atoms with Crippen molar-refractivity contribution >= 4 is 5.91 Å². The second-order valence-corrected chi connectivity index (χ2v) is 7.21. The van der Waals surface area contributed by atoms with E-state index in [1.165, 1.54) is 19.3 Å². The lowest BCUT2D eigenvalue weighted by Crippen LogP contribution is -2.44. The van der Waals surface area contributed by atoms with Gasteiger partial charge in [-0.15, -0.1) is 0 Å². The standard InChI is InChI=1S/C19H28N2O3/c1-21(18(22)11-19(14-20)9-5-2-6-10-19)12-15-13-23-16-7-3-4-8-17(16)24-15/h3-4,7-8,15H,2,5-6,9-14,20H2,1H3. The first kappa shape index (κ1) is 17.1. The molecule has 0 radical (unpaired) electrons. The molecule has 2 aliphatic rings. The van der Waals surface area contributed by atoms with E-state index in [-0.39, 0.29) is 17.4 Å². The van der Waals surface area contributed by atoms with Gasteiger partial charge in [0.2, 0.25) is 5.91 Å². The molecule has 0 bridgehead atoms. The Hall–Kier alpha value is -1.75. The normalized spacial score (nSPS) is 22.0. The average Bonchev–Trinajstić information content (AvgIpc) is 2.62. The lowest BCUT2D eigenvalue weighted by molar-refractivity contribution is -0.134. The highest BCUT2D eigenvalue weighted by atomic mass is 16.6. The van der Waals surface area contributed by atoms with Gasteiger partial charge in [-0.3, -0.25) is 4.79 Å². The monoisotopic (exact) mass is 332 g/mol. The van der Waals surface area contributed by atoms with Crippen LogP contribution in [0.1, 0.15) is 38.5 Å². The summed E-state index contributed by atoms with van der Waals surface area (Å²) in [5.41, 5.74) is 6.01. The highest BCUT2D eigenvalue weighted by Gasteiger charge is 2.34. The molecule has 0 saturated heterocycles. The van der Waals surface area contributed by atoms with Crippen molar-refractivity contribution < 1.29 is 14.3 Å². The van der Waals surface area contributed by atoms with E-state index in [0.29, 0.717) is 26.1 Å². The molecule has 1 aliphatic heterocycles. The molecule has 1 atom stereocenters. The third-order valence-electron chi connectivity index (χ3n) is 5.34. The molecule has 1 heterocycles. The predicted octanol–water partition coefficient (Wildman–Crippen LogP) is 2.58. The van der Waals surface area contributed by atoms with Crippen molar-refractivity contribution in [3.63, 3.8) is 0 Å². The van der Waals surface area contributed by atoms with Gasteiger partial charge in [0, 0.05) is 13.5 Å².